The Labute approximate surface area is 119 Å². The predicted octanol–water partition coefficient (Wildman–Crippen LogP) is 3.40. The van der Waals surface area contributed by atoms with Crippen molar-refractivity contribution >= 4 is 17.4 Å². The van der Waals surface area contributed by atoms with Gasteiger partial charge in [-0.15, -0.1) is 0 Å². The first-order valence-corrected chi connectivity index (χ1v) is 8.04. The number of hydrogen-bond donors (Lipinski definition) is 1. The second kappa shape index (κ2) is 5.16. The maximum atomic E-state index is 5.64. The third-order valence-corrected chi connectivity index (χ3v) is 5.06. The zero-order chi connectivity index (χ0) is 13.3. The number of benzene rings is 1. The molecule has 0 aromatic heterocycles. The van der Waals surface area contributed by atoms with Crippen LogP contribution < -0.4 is 14.8 Å². The fourth-order valence-corrected chi connectivity index (χ4v) is 4.11. The first-order valence-electron chi connectivity index (χ1n) is 6.89. The van der Waals surface area contributed by atoms with Gasteiger partial charge in [-0.05, 0) is 29.7 Å². The number of rotatable bonds is 2. The number of anilines is 1. The normalized spacial score (nSPS) is 24.8. The van der Waals surface area contributed by atoms with E-state index >= 15 is 0 Å². The van der Waals surface area contributed by atoms with Crippen molar-refractivity contribution in [3.63, 3.8) is 0 Å². The van der Waals surface area contributed by atoms with Crippen LogP contribution in [0.4, 0.5) is 5.69 Å². The Morgan fingerprint density at radius 3 is 2.79 bits per heavy atom. The van der Waals surface area contributed by atoms with Gasteiger partial charge in [0, 0.05) is 23.5 Å². The summed E-state index contributed by atoms with van der Waals surface area (Å²) in [4.78, 5) is 0. The average Bonchev–Trinajstić information content (AvgIpc) is 2.41. The summed E-state index contributed by atoms with van der Waals surface area (Å²) in [5.41, 5.74) is 1.48. The zero-order valence-corrected chi connectivity index (χ0v) is 12.4. The topological polar surface area (TPSA) is 30.5 Å². The molecule has 1 unspecified atom stereocenters. The number of ether oxygens (including phenoxy) is 2. The van der Waals surface area contributed by atoms with Gasteiger partial charge in [0.15, 0.2) is 11.5 Å². The fourth-order valence-electron chi connectivity index (χ4n) is 2.51. The Bertz CT molecular complexity index is 461. The largest absolute Gasteiger partial charge is 0.486 e. The minimum absolute atomic E-state index is 0.346. The molecule has 3 rings (SSSR count). The second-order valence-corrected chi connectivity index (χ2v) is 7.02. The van der Waals surface area contributed by atoms with Crippen molar-refractivity contribution in [3.05, 3.63) is 18.2 Å². The van der Waals surface area contributed by atoms with Gasteiger partial charge in [0.25, 0.3) is 0 Å². The van der Waals surface area contributed by atoms with E-state index in [-0.39, 0.29) is 0 Å². The van der Waals surface area contributed by atoms with E-state index in [4.69, 9.17) is 9.47 Å². The first kappa shape index (κ1) is 13.0. The van der Waals surface area contributed by atoms with Crippen molar-refractivity contribution in [2.45, 2.75) is 26.3 Å². The van der Waals surface area contributed by atoms with Crippen molar-refractivity contribution in [3.8, 4) is 11.5 Å². The molecular formula is C15H21NO2S. The highest BCUT2D eigenvalue weighted by atomic mass is 32.2. The van der Waals surface area contributed by atoms with Gasteiger partial charge in [-0.3, -0.25) is 0 Å². The van der Waals surface area contributed by atoms with E-state index in [1.807, 2.05) is 17.8 Å². The van der Waals surface area contributed by atoms with Crippen LogP contribution in [0.5, 0.6) is 11.5 Å². The minimum Gasteiger partial charge on any atom is -0.486 e. The Kier molecular flexibility index (Phi) is 3.52. The monoisotopic (exact) mass is 279 g/mol. The molecule has 1 atom stereocenters. The van der Waals surface area contributed by atoms with Crippen molar-refractivity contribution in [1.82, 2.24) is 0 Å². The van der Waals surface area contributed by atoms with E-state index < -0.39 is 0 Å². The molecule has 2 aliphatic rings. The van der Waals surface area contributed by atoms with Crippen LogP contribution in [-0.2, 0) is 0 Å². The van der Waals surface area contributed by atoms with Crippen LogP contribution in [0.3, 0.4) is 0 Å². The van der Waals surface area contributed by atoms with Crippen LogP contribution >= 0.6 is 11.8 Å². The third-order valence-electron chi connectivity index (χ3n) is 4.00. The third kappa shape index (κ3) is 2.78. The van der Waals surface area contributed by atoms with Gasteiger partial charge in [0.2, 0.25) is 0 Å². The molecule has 1 saturated heterocycles. The summed E-state index contributed by atoms with van der Waals surface area (Å²) in [6, 6.07) is 6.65. The van der Waals surface area contributed by atoms with E-state index in [9.17, 15) is 0 Å². The highest BCUT2D eigenvalue weighted by molar-refractivity contribution is 7.99. The zero-order valence-electron chi connectivity index (χ0n) is 11.6. The first-order chi connectivity index (χ1) is 9.15. The van der Waals surface area contributed by atoms with Gasteiger partial charge in [-0.1, -0.05) is 13.8 Å². The van der Waals surface area contributed by atoms with Crippen molar-refractivity contribution < 1.29 is 9.47 Å². The summed E-state index contributed by atoms with van der Waals surface area (Å²) in [6.07, 6.45) is 1.26. The lowest BCUT2D eigenvalue weighted by atomic mass is 9.82. The fraction of sp³-hybridized carbons (Fsp3) is 0.600. The molecule has 0 bridgehead atoms. The van der Waals surface area contributed by atoms with Gasteiger partial charge in [0.05, 0.1) is 0 Å². The molecule has 19 heavy (non-hydrogen) atoms. The summed E-state index contributed by atoms with van der Waals surface area (Å²) in [5.74, 6) is 4.15. The molecule has 0 saturated carbocycles. The molecule has 3 nitrogen and oxygen atoms in total. The van der Waals surface area contributed by atoms with Crippen LogP contribution in [0.1, 0.15) is 20.3 Å². The Morgan fingerprint density at radius 2 is 2.00 bits per heavy atom. The molecule has 0 amide bonds. The lowest BCUT2D eigenvalue weighted by Crippen LogP contribution is -2.41. The molecule has 0 aliphatic carbocycles. The minimum atomic E-state index is 0.346. The van der Waals surface area contributed by atoms with Crippen LogP contribution in [0.25, 0.3) is 0 Å². The van der Waals surface area contributed by atoms with Gasteiger partial charge in [-0.2, -0.15) is 11.8 Å². The second-order valence-electron chi connectivity index (χ2n) is 5.87. The van der Waals surface area contributed by atoms with E-state index in [0.717, 1.165) is 17.2 Å². The molecular weight excluding hydrogens is 258 g/mol. The van der Waals surface area contributed by atoms with Crippen molar-refractivity contribution in [1.29, 1.82) is 0 Å². The summed E-state index contributed by atoms with van der Waals surface area (Å²) in [6.45, 7) is 5.98. The van der Waals surface area contributed by atoms with Crippen LogP contribution in [0.2, 0.25) is 0 Å². The number of nitrogens with one attached hydrogen (secondary N) is 1. The van der Waals surface area contributed by atoms with Crippen LogP contribution in [0, 0.1) is 5.41 Å². The highest BCUT2D eigenvalue weighted by Crippen LogP contribution is 2.38. The molecule has 4 heteroatoms. The molecule has 104 valence electrons. The smallest absolute Gasteiger partial charge is 0.163 e. The van der Waals surface area contributed by atoms with Crippen LogP contribution in [0.15, 0.2) is 18.2 Å². The Morgan fingerprint density at radius 1 is 1.21 bits per heavy atom. The predicted molar refractivity (Wildman–Crippen MR) is 80.6 cm³/mol. The number of hydrogen-bond acceptors (Lipinski definition) is 4. The van der Waals surface area contributed by atoms with Gasteiger partial charge in [-0.25, -0.2) is 0 Å². The standard InChI is InChI=1S/C15H21NO2S/c1-15(2)5-8-19-10-14(15)16-11-3-4-12-13(9-11)18-7-6-17-12/h3-4,9,14,16H,5-8,10H2,1-2H3. The maximum absolute atomic E-state index is 5.64. The number of fused-ring (bicyclic) bond motifs is 1. The average molecular weight is 279 g/mol. The number of thioether (sulfide) groups is 1. The summed E-state index contributed by atoms with van der Waals surface area (Å²) < 4.78 is 11.2. The molecule has 2 heterocycles. The molecule has 1 fully saturated rings. The maximum Gasteiger partial charge on any atom is 0.163 e. The van der Waals surface area contributed by atoms with Gasteiger partial charge >= 0.3 is 0 Å². The molecule has 2 aliphatic heterocycles. The van der Waals surface area contributed by atoms with E-state index in [1.165, 1.54) is 17.9 Å². The molecule has 0 radical (unpaired) electrons. The molecule has 0 spiro atoms. The lowest BCUT2D eigenvalue weighted by Gasteiger charge is -2.39. The summed E-state index contributed by atoms with van der Waals surface area (Å²) >= 11 is 2.03. The summed E-state index contributed by atoms with van der Waals surface area (Å²) in [5, 5.41) is 3.66. The Balaban J connectivity index is 1.75. The van der Waals surface area contributed by atoms with E-state index in [1.54, 1.807) is 0 Å². The van der Waals surface area contributed by atoms with Crippen LogP contribution in [-0.4, -0.2) is 30.8 Å². The van der Waals surface area contributed by atoms with Gasteiger partial charge < -0.3 is 14.8 Å². The lowest BCUT2D eigenvalue weighted by molar-refractivity contribution is 0.171. The summed E-state index contributed by atoms with van der Waals surface area (Å²) in [7, 11) is 0. The highest BCUT2D eigenvalue weighted by Gasteiger charge is 2.32. The molecule has 1 aromatic carbocycles. The Hall–Kier alpha value is -1.03. The molecule has 1 N–H and O–H groups in total. The van der Waals surface area contributed by atoms with Gasteiger partial charge in [0.1, 0.15) is 13.2 Å². The molecule has 1 aromatic rings. The van der Waals surface area contributed by atoms with Crippen molar-refractivity contribution in [2.24, 2.45) is 5.41 Å². The SMILES string of the molecule is CC1(C)CCSCC1Nc1ccc2c(c1)OCCO2. The van der Waals surface area contributed by atoms with Crippen molar-refractivity contribution in [2.75, 3.05) is 30.0 Å². The van der Waals surface area contributed by atoms with E-state index in [0.29, 0.717) is 24.7 Å². The van der Waals surface area contributed by atoms with E-state index in [2.05, 4.69) is 31.3 Å². The quantitative estimate of drug-likeness (QED) is 0.899.